The molecule has 0 aliphatic heterocycles. The fourth-order valence-corrected chi connectivity index (χ4v) is 2.84. The molecule has 3 nitrogen and oxygen atoms in total. The molecule has 20 heavy (non-hydrogen) atoms. The maximum Gasteiger partial charge on any atom is 0.250 e. The second kappa shape index (κ2) is 7.30. The number of anilines is 1. The lowest BCUT2D eigenvalue weighted by molar-refractivity contribution is -0.123. The first kappa shape index (κ1) is 15.6. The van der Waals surface area contributed by atoms with Crippen LogP contribution in [0.25, 0.3) is 0 Å². The number of amides is 1. The van der Waals surface area contributed by atoms with Crippen LogP contribution in [-0.2, 0) is 9.53 Å². The molecular formula is C15H19Cl2NO2. The molecule has 0 aromatic heterocycles. The van der Waals surface area contributed by atoms with E-state index >= 15 is 0 Å². The molecule has 2 rings (SSSR count). The molecule has 2 atom stereocenters. The van der Waals surface area contributed by atoms with Crippen LogP contribution in [0.15, 0.2) is 18.2 Å². The number of hydrogen-bond donors (Lipinski definition) is 1. The van der Waals surface area contributed by atoms with Gasteiger partial charge < -0.3 is 10.1 Å². The van der Waals surface area contributed by atoms with Crippen LogP contribution < -0.4 is 5.32 Å². The number of benzene rings is 1. The van der Waals surface area contributed by atoms with Gasteiger partial charge in [0.25, 0.3) is 0 Å². The Hall–Kier alpha value is -0.770. The average molecular weight is 316 g/mol. The molecule has 0 saturated heterocycles. The third-order valence-corrected chi connectivity index (χ3v) is 4.11. The Kier molecular flexibility index (Phi) is 5.70. The predicted molar refractivity (Wildman–Crippen MR) is 82.5 cm³/mol. The number of carbonyl (C=O) groups excluding carboxylic acids is 1. The van der Waals surface area contributed by atoms with Gasteiger partial charge in [-0.05, 0) is 37.0 Å². The van der Waals surface area contributed by atoms with Crippen molar-refractivity contribution in [3.05, 3.63) is 28.2 Å². The second-order valence-corrected chi connectivity index (χ2v) is 6.22. The molecule has 1 fully saturated rings. The first-order chi connectivity index (χ1) is 9.54. The lowest BCUT2D eigenvalue weighted by Crippen LogP contribution is -2.27. The maximum atomic E-state index is 11.9. The predicted octanol–water partition coefficient (Wildman–Crippen LogP) is 4.53. The molecule has 1 N–H and O–H groups in total. The van der Waals surface area contributed by atoms with Gasteiger partial charge in [-0.25, -0.2) is 0 Å². The van der Waals surface area contributed by atoms with Gasteiger partial charge in [0.15, 0.2) is 0 Å². The van der Waals surface area contributed by atoms with E-state index < -0.39 is 0 Å². The first-order valence-electron chi connectivity index (χ1n) is 6.91. The van der Waals surface area contributed by atoms with Crippen LogP contribution in [0.5, 0.6) is 0 Å². The highest BCUT2D eigenvalue weighted by Gasteiger charge is 2.20. The lowest BCUT2D eigenvalue weighted by Gasteiger charge is -2.26. The fraction of sp³-hybridized carbons (Fsp3) is 0.533. The number of hydrogen-bond acceptors (Lipinski definition) is 2. The Morgan fingerprint density at radius 2 is 2.20 bits per heavy atom. The molecule has 1 aromatic carbocycles. The molecular weight excluding hydrogens is 297 g/mol. The standard InChI is InChI=1S/C15H19Cl2NO2/c1-10-3-2-4-12(7-10)20-9-15(19)18-14-8-11(16)5-6-13(14)17/h5-6,8,10,12H,2-4,7,9H2,1H3,(H,18,19). The van der Waals surface area contributed by atoms with Gasteiger partial charge in [0, 0.05) is 5.02 Å². The van der Waals surface area contributed by atoms with Crippen molar-refractivity contribution in [2.75, 3.05) is 11.9 Å². The van der Waals surface area contributed by atoms with E-state index in [9.17, 15) is 4.79 Å². The zero-order chi connectivity index (χ0) is 14.5. The van der Waals surface area contributed by atoms with Crippen molar-refractivity contribution in [1.29, 1.82) is 0 Å². The molecule has 1 aliphatic rings. The van der Waals surface area contributed by atoms with Gasteiger partial charge in [0.05, 0.1) is 16.8 Å². The largest absolute Gasteiger partial charge is 0.368 e. The van der Waals surface area contributed by atoms with Crippen molar-refractivity contribution in [1.82, 2.24) is 0 Å². The van der Waals surface area contributed by atoms with E-state index in [2.05, 4.69) is 12.2 Å². The van der Waals surface area contributed by atoms with E-state index in [1.807, 2.05) is 0 Å². The molecule has 1 amide bonds. The summed E-state index contributed by atoms with van der Waals surface area (Å²) in [6.07, 6.45) is 4.69. The van der Waals surface area contributed by atoms with Gasteiger partial charge in [-0.2, -0.15) is 0 Å². The van der Waals surface area contributed by atoms with Crippen LogP contribution in [0.2, 0.25) is 10.0 Å². The number of ether oxygens (including phenoxy) is 1. The molecule has 0 radical (unpaired) electrons. The van der Waals surface area contributed by atoms with Crippen molar-refractivity contribution in [3.63, 3.8) is 0 Å². The van der Waals surface area contributed by atoms with E-state index in [0.29, 0.717) is 21.7 Å². The molecule has 5 heteroatoms. The summed E-state index contributed by atoms with van der Waals surface area (Å²) in [4.78, 5) is 11.9. The third kappa shape index (κ3) is 4.65. The zero-order valence-corrected chi connectivity index (χ0v) is 13.0. The van der Waals surface area contributed by atoms with E-state index in [4.69, 9.17) is 27.9 Å². The Bertz CT molecular complexity index is 479. The van der Waals surface area contributed by atoms with Crippen molar-refractivity contribution in [2.45, 2.75) is 38.7 Å². The summed E-state index contributed by atoms with van der Waals surface area (Å²) < 4.78 is 5.67. The molecule has 110 valence electrons. The van der Waals surface area contributed by atoms with Gasteiger partial charge in [0.2, 0.25) is 5.91 Å². The topological polar surface area (TPSA) is 38.3 Å². The third-order valence-electron chi connectivity index (χ3n) is 3.54. The van der Waals surface area contributed by atoms with Gasteiger partial charge in [-0.15, -0.1) is 0 Å². The Morgan fingerprint density at radius 3 is 2.95 bits per heavy atom. The summed E-state index contributed by atoms with van der Waals surface area (Å²) in [5.41, 5.74) is 0.518. The summed E-state index contributed by atoms with van der Waals surface area (Å²) in [6, 6.07) is 4.97. The van der Waals surface area contributed by atoms with Crippen LogP contribution in [0.4, 0.5) is 5.69 Å². The normalized spacial score (nSPS) is 22.6. The number of rotatable bonds is 4. The molecule has 1 aromatic rings. The van der Waals surface area contributed by atoms with Crippen molar-refractivity contribution in [3.8, 4) is 0 Å². The minimum absolute atomic E-state index is 0.0558. The molecule has 0 spiro atoms. The molecule has 1 aliphatic carbocycles. The van der Waals surface area contributed by atoms with E-state index in [0.717, 1.165) is 12.8 Å². The number of carbonyl (C=O) groups is 1. The van der Waals surface area contributed by atoms with Gasteiger partial charge in [-0.3, -0.25) is 4.79 Å². The quantitative estimate of drug-likeness (QED) is 0.886. The minimum atomic E-state index is -0.201. The van der Waals surface area contributed by atoms with Crippen LogP contribution in [0, 0.1) is 5.92 Å². The van der Waals surface area contributed by atoms with Crippen molar-refractivity contribution in [2.24, 2.45) is 5.92 Å². The summed E-state index contributed by atoms with van der Waals surface area (Å²) >= 11 is 11.9. The first-order valence-corrected chi connectivity index (χ1v) is 7.66. The maximum absolute atomic E-state index is 11.9. The van der Waals surface area contributed by atoms with Crippen molar-refractivity contribution >= 4 is 34.8 Å². The Morgan fingerprint density at radius 1 is 1.40 bits per heavy atom. The monoisotopic (exact) mass is 315 g/mol. The van der Waals surface area contributed by atoms with Crippen LogP contribution in [0.1, 0.15) is 32.6 Å². The summed E-state index contributed by atoms with van der Waals surface area (Å²) in [7, 11) is 0. The lowest BCUT2D eigenvalue weighted by atomic mass is 9.89. The number of halogens is 2. The average Bonchev–Trinajstić information content (AvgIpc) is 2.41. The van der Waals surface area contributed by atoms with E-state index in [1.165, 1.54) is 12.8 Å². The molecule has 2 unspecified atom stereocenters. The van der Waals surface area contributed by atoms with E-state index in [1.54, 1.807) is 18.2 Å². The molecule has 1 saturated carbocycles. The van der Waals surface area contributed by atoms with Gasteiger partial charge >= 0.3 is 0 Å². The zero-order valence-electron chi connectivity index (χ0n) is 11.5. The number of nitrogens with one attached hydrogen (secondary N) is 1. The minimum Gasteiger partial charge on any atom is -0.368 e. The SMILES string of the molecule is CC1CCCC(OCC(=O)Nc2cc(Cl)ccc2Cl)C1. The summed E-state index contributed by atoms with van der Waals surface area (Å²) in [5, 5.41) is 3.72. The summed E-state index contributed by atoms with van der Waals surface area (Å²) in [5.74, 6) is 0.478. The summed E-state index contributed by atoms with van der Waals surface area (Å²) in [6.45, 7) is 2.28. The van der Waals surface area contributed by atoms with Crippen molar-refractivity contribution < 1.29 is 9.53 Å². The Labute approximate surface area is 129 Å². The van der Waals surface area contributed by atoms with Crippen LogP contribution in [-0.4, -0.2) is 18.6 Å². The van der Waals surface area contributed by atoms with E-state index in [-0.39, 0.29) is 18.6 Å². The van der Waals surface area contributed by atoms with Crippen LogP contribution >= 0.6 is 23.2 Å². The second-order valence-electron chi connectivity index (χ2n) is 5.38. The van der Waals surface area contributed by atoms with Gasteiger partial charge in [-0.1, -0.05) is 43.0 Å². The molecule has 0 heterocycles. The molecule has 0 bridgehead atoms. The highest BCUT2D eigenvalue weighted by molar-refractivity contribution is 6.35. The smallest absolute Gasteiger partial charge is 0.250 e. The highest BCUT2D eigenvalue weighted by Crippen LogP contribution is 2.27. The highest BCUT2D eigenvalue weighted by atomic mass is 35.5. The van der Waals surface area contributed by atoms with Gasteiger partial charge in [0.1, 0.15) is 6.61 Å². The fourth-order valence-electron chi connectivity index (χ4n) is 2.50. The van der Waals surface area contributed by atoms with Crippen LogP contribution in [0.3, 0.4) is 0 Å². The Balaban J connectivity index is 1.82.